The lowest BCUT2D eigenvalue weighted by Gasteiger charge is -2.19. The largest absolute Gasteiger partial charge is 0.375 e. The minimum atomic E-state index is 0.394. The van der Waals surface area contributed by atoms with E-state index in [-0.39, 0.29) is 0 Å². The van der Waals surface area contributed by atoms with Gasteiger partial charge in [-0.3, -0.25) is 9.88 Å². The maximum absolute atomic E-state index is 6.03. The van der Waals surface area contributed by atoms with Crippen LogP contribution >= 0.6 is 0 Å². The summed E-state index contributed by atoms with van der Waals surface area (Å²) in [6.45, 7) is 6.13. The monoisotopic (exact) mass is 297 g/mol. The molecular weight excluding hydrogens is 274 g/mol. The Bertz CT molecular complexity index is 660. The quantitative estimate of drug-likeness (QED) is 0.848. The van der Waals surface area contributed by atoms with E-state index >= 15 is 0 Å². The summed E-state index contributed by atoms with van der Waals surface area (Å²) in [5.41, 5.74) is 2.24. The Labute approximate surface area is 131 Å². The molecule has 4 nitrogen and oxygen atoms in total. The maximum atomic E-state index is 6.03. The number of likely N-dealkylation sites (N-methyl/N-ethyl adjacent to an activating group) is 1. The number of aromatic nitrogens is 1. The number of para-hydroxylation sites is 1. The molecule has 2 aliphatic rings. The summed E-state index contributed by atoms with van der Waals surface area (Å²) in [5.74, 6) is 0.632. The number of pyridine rings is 1. The topological polar surface area (TPSA) is 28.6 Å². The van der Waals surface area contributed by atoms with Crippen LogP contribution in [0.2, 0.25) is 0 Å². The highest BCUT2D eigenvalue weighted by Crippen LogP contribution is 2.24. The Balaban J connectivity index is 1.47. The van der Waals surface area contributed by atoms with Gasteiger partial charge in [0.15, 0.2) is 0 Å². The minimum absolute atomic E-state index is 0.394. The number of ether oxygens (including phenoxy) is 1. The van der Waals surface area contributed by atoms with Gasteiger partial charge in [0.2, 0.25) is 0 Å². The highest BCUT2D eigenvalue weighted by Gasteiger charge is 2.35. The minimum Gasteiger partial charge on any atom is -0.375 e. The molecular formula is C18H23N3O. The van der Waals surface area contributed by atoms with Crippen LogP contribution in [0.1, 0.15) is 5.69 Å². The molecule has 116 valence electrons. The Morgan fingerprint density at radius 3 is 3.00 bits per heavy atom. The molecule has 0 bridgehead atoms. The molecule has 0 amide bonds. The molecule has 0 N–H and O–H groups in total. The van der Waals surface area contributed by atoms with E-state index in [1.54, 1.807) is 0 Å². The third-order valence-electron chi connectivity index (χ3n) is 4.85. The SMILES string of the molecule is CN1CCO[C@@H]2CN(Cc3ccc4ccccc4n3)C[C@@H]2C1. The molecule has 0 aliphatic carbocycles. The van der Waals surface area contributed by atoms with E-state index in [2.05, 4.69) is 53.2 Å². The third kappa shape index (κ3) is 2.86. The van der Waals surface area contributed by atoms with E-state index in [0.29, 0.717) is 12.0 Å². The molecule has 22 heavy (non-hydrogen) atoms. The van der Waals surface area contributed by atoms with Gasteiger partial charge in [-0.1, -0.05) is 24.3 Å². The second-order valence-electron chi connectivity index (χ2n) is 6.62. The summed E-state index contributed by atoms with van der Waals surface area (Å²) >= 11 is 0. The van der Waals surface area contributed by atoms with E-state index in [4.69, 9.17) is 9.72 Å². The van der Waals surface area contributed by atoms with Crippen LogP contribution in [0.4, 0.5) is 0 Å². The fraction of sp³-hybridized carbons (Fsp3) is 0.500. The van der Waals surface area contributed by atoms with E-state index in [1.165, 1.54) is 5.39 Å². The molecule has 2 saturated heterocycles. The predicted molar refractivity (Wildman–Crippen MR) is 87.7 cm³/mol. The Hall–Kier alpha value is -1.49. The molecule has 4 rings (SSSR count). The average molecular weight is 297 g/mol. The zero-order valence-corrected chi connectivity index (χ0v) is 13.1. The fourth-order valence-electron chi connectivity index (χ4n) is 3.70. The van der Waals surface area contributed by atoms with Gasteiger partial charge in [0.1, 0.15) is 0 Å². The number of fused-ring (bicyclic) bond motifs is 2. The molecule has 0 radical (unpaired) electrons. The van der Waals surface area contributed by atoms with Crippen molar-refractivity contribution in [2.24, 2.45) is 5.92 Å². The number of nitrogens with zero attached hydrogens (tertiary/aromatic N) is 3. The van der Waals surface area contributed by atoms with Crippen LogP contribution in [0.5, 0.6) is 0 Å². The molecule has 0 unspecified atom stereocenters. The number of hydrogen-bond donors (Lipinski definition) is 0. The first-order valence-corrected chi connectivity index (χ1v) is 8.15. The Morgan fingerprint density at radius 2 is 2.05 bits per heavy atom. The lowest BCUT2D eigenvalue weighted by Crippen LogP contribution is -2.29. The molecule has 2 aliphatic heterocycles. The van der Waals surface area contributed by atoms with Gasteiger partial charge in [-0.05, 0) is 19.2 Å². The molecule has 4 heteroatoms. The standard InChI is InChI=1S/C18H23N3O/c1-20-8-9-22-18-13-21(11-15(18)10-20)12-16-7-6-14-4-2-3-5-17(14)19-16/h2-7,15,18H,8-13H2,1H3/t15-,18+/m0/s1. The van der Waals surface area contributed by atoms with Crippen molar-refractivity contribution in [1.29, 1.82) is 0 Å². The van der Waals surface area contributed by atoms with Gasteiger partial charge in [0.05, 0.1) is 23.9 Å². The van der Waals surface area contributed by atoms with Crippen LogP contribution in [0, 0.1) is 5.92 Å². The van der Waals surface area contributed by atoms with Gasteiger partial charge >= 0.3 is 0 Å². The van der Waals surface area contributed by atoms with Crippen LogP contribution in [-0.2, 0) is 11.3 Å². The Kier molecular flexibility index (Phi) is 3.82. The van der Waals surface area contributed by atoms with E-state index < -0.39 is 0 Å². The number of likely N-dealkylation sites (tertiary alicyclic amines) is 1. The van der Waals surface area contributed by atoms with Crippen LogP contribution in [0.3, 0.4) is 0 Å². The van der Waals surface area contributed by atoms with Crippen molar-refractivity contribution in [3.05, 3.63) is 42.1 Å². The van der Waals surface area contributed by atoms with Gasteiger partial charge in [0.25, 0.3) is 0 Å². The zero-order valence-electron chi connectivity index (χ0n) is 13.1. The summed E-state index contributed by atoms with van der Waals surface area (Å²) in [6.07, 6.45) is 0.394. The van der Waals surface area contributed by atoms with Crippen molar-refractivity contribution in [3.8, 4) is 0 Å². The molecule has 3 heterocycles. The van der Waals surface area contributed by atoms with Crippen molar-refractivity contribution in [2.45, 2.75) is 12.6 Å². The van der Waals surface area contributed by atoms with Crippen molar-refractivity contribution in [3.63, 3.8) is 0 Å². The fourth-order valence-corrected chi connectivity index (χ4v) is 3.70. The summed E-state index contributed by atoms with van der Waals surface area (Å²) < 4.78 is 6.03. The van der Waals surface area contributed by atoms with Crippen LogP contribution in [0.15, 0.2) is 36.4 Å². The van der Waals surface area contributed by atoms with Gasteiger partial charge in [-0.2, -0.15) is 0 Å². The van der Waals surface area contributed by atoms with Gasteiger partial charge in [-0.15, -0.1) is 0 Å². The zero-order chi connectivity index (χ0) is 14.9. The molecule has 2 aromatic rings. The number of benzene rings is 1. The highest BCUT2D eigenvalue weighted by molar-refractivity contribution is 5.78. The summed E-state index contributed by atoms with van der Waals surface area (Å²) in [6, 6.07) is 12.6. The van der Waals surface area contributed by atoms with Crippen molar-refractivity contribution in [2.75, 3.05) is 39.8 Å². The van der Waals surface area contributed by atoms with Crippen molar-refractivity contribution in [1.82, 2.24) is 14.8 Å². The van der Waals surface area contributed by atoms with Crippen molar-refractivity contribution < 1.29 is 4.74 Å². The molecule has 2 atom stereocenters. The van der Waals surface area contributed by atoms with Crippen LogP contribution in [0.25, 0.3) is 10.9 Å². The third-order valence-corrected chi connectivity index (χ3v) is 4.85. The lowest BCUT2D eigenvalue weighted by molar-refractivity contribution is 0.0514. The molecule has 1 aromatic heterocycles. The molecule has 0 saturated carbocycles. The first kappa shape index (κ1) is 14.1. The predicted octanol–water partition coefficient (Wildman–Crippen LogP) is 2.00. The van der Waals surface area contributed by atoms with E-state index in [1.807, 2.05) is 0 Å². The van der Waals surface area contributed by atoms with E-state index in [0.717, 1.165) is 50.5 Å². The average Bonchev–Trinajstić information content (AvgIpc) is 2.80. The Morgan fingerprint density at radius 1 is 1.14 bits per heavy atom. The van der Waals surface area contributed by atoms with Gasteiger partial charge in [0, 0.05) is 44.0 Å². The first-order chi connectivity index (χ1) is 10.8. The summed E-state index contributed by atoms with van der Waals surface area (Å²) in [7, 11) is 2.19. The second-order valence-corrected chi connectivity index (χ2v) is 6.62. The normalized spacial score (nSPS) is 27.0. The van der Waals surface area contributed by atoms with E-state index in [9.17, 15) is 0 Å². The summed E-state index contributed by atoms with van der Waals surface area (Å²) in [5, 5.41) is 1.21. The summed E-state index contributed by atoms with van der Waals surface area (Å²) in [4.78, 5) is 9.68. The first-order valence-electron chi connectivity index (χ1n) is 8.15. The maximum Gasteiger partial charge on any atom is 0.0755 e. The van der Waals surface area contributed by atoms with Gasteiger partial charge < -0.3 is 9.64 Å². The molecule has 1 aromatic carbocycles. The smallest absolute Gasteiger partial charge is 0.0755 e. The molecule has 0 spiro atoms. The van der Waals surface area contributed by atoms with Crippen LogP contribution < -0.4 is 0 Å². The van der Waals surface area contributed by atoms with Gasteiger partial charge in [-0.25, -0.2) is 0 Å². The highest BCUT2D eigenvalue weighted by atomic mass is 16.5. The van der Waals surface area contributed by atoms with Crippen molar-refractivity contribution >= 4 is 10.9 Å². The van der Waals surface area contributed by atoms with Crippen LogP contribution in [-0.4, -0.2) is 60.7 Å². The number of rotatable bonds is 2. The number of hydrogen-bond acceptors (Lipinski definition) is 4. The lowest BCUT2D eigenvalue weighted by atomic mass is 10.1. The second kappa shape index (κ2) is 5.95. The molecule has 2 fully saturated rings.